The van der Waals surface area contributed by atoms with Crippen molar-refractivity contribution in [3.8, 4) is 17.2 Å². The number of nitriles is 1. The Morgan fingerprint density at radius 2 is 1.64 bits per heavy atom. The normalized spacial score (nSPS) is 13.7. The molecule has 0 bridgehead atoms. The molecule has 0 aliphatic heterocycles. The molecule has 1 heterocycles. The molecule has 0 atom stereocenters. The van der Waals surface area contributed by atoms with E-state index in [2.05, 4.69) is 6.07 Å². The maximum atomic E-state index is 9.41. The van der Waals surface area contributed by atoms with Crippen molar-refractivity contribution in [2.24, 2.45) is 4.99 Å². The standard InChI is InChI=1S/C18H11N3S/c19-10-14-15-12-8-4-5-9-13(12)16(17(15)22-18(14)20)21-11-6-2-1-3-7-11/h1-9H,20H2. The molecule has 3 aromatic rings. The highest BCUT2D eigenvalue weighted by Gasteiger charge is 2.31. The monoisotopic (exact) mass is 301 g/mol. The average Bonchev–Trinajstić information content (AvgIpc) is 3.03. The molecule has 1 aliphatic rings. The molecular formula is C18H11N3S. The Labute approximate surface area is 132 Å². The lowest BCUT2D eigenvalue weighted by Crippen LogP contribution is -1.95. The van der Waals surface area contributed by atoms with Crippen molar-refractivity contribution in [2.45, 2.75) is 0 Å². The summed E-state index contributed by atoms with van der Waals surface area (Å²) in [5, 5.41) is 9.97. The molecule has 0 spiro atoms. The van der Waals surface area contributed by atoms with Crippen LogP contribution in [0.25, 0.3) is 11.1 Å². The van der Waals surface area contributed by atoms with Crippen molar-refractivity contribution in [3.05, 3.63) is 70.6 Å². The second-order valence-electron chi connectivity index (χ2n) is 5.00. The fourth-order valence-electron chi connectivity index (χ4n) is 2.76. The smallest absolute Gasteiger partial charge is 0.105 e. The fraction of sp³-hybridized carbons (Fsp3) is 0. The molecule has 4 heteroatoms. The highest BCUT2D eigenvalue weighted by Crippen LogP contribution is 2.46. The summed E-state index contributed by atoms with van der Waals surface area (Å²) in [7, 11) is 0. The van der Waals surface area contributed by atoms with Crippen LogP contribution in [0, 0.1) is 11.3 Å². The van der Waals surface area contributed by atoms with Crippen LogP contribution in [0.2, 0.25) is 0 Å². The van der Waals surface area contributed by atoms with Crippen molar-refractivity contribution < 1.29 is 0 Å². The van der Waals surface area contributed by atoms with Gasteiger partial charge in [0, 0.05) is 11.1 Å². The minimum Gasteiger partial charge on any atom is -0.389 e. The van der Waals surface area contributed by atoms with E-state index in [4.69, 9.17) is 10.7 Å². The molecule has 0 saturated carbocycles. The van der Waals surface area contributed by atoms with Gasteiger partial charge in [0.15, 0.2) is 0 Å². The van der Waals surface area contributed by atoms with Crippen molar-refractivity contribution >= 4 is 27.7 Å². The second kappa shape index (κ2) is 4.83. The molecule has 0 radical (unpaired) electrons. The molecule has 0 saturated heterocycles. The van der Waals surface area contributed by atoms with E-state index in [1.165, 1.54) is 11.3 Å². The number of nitrogen functional groups attached to an aromatic ring is 1. The third kappa shape index (κ3) is 1.77. The highest BCUT2D eigenvalue weighted by atomic mass is 32.1. The number of fused-ring (bicyclic) bond motifs is 3. The van der Waals surface area contributed by atoms with Gasteiger partial charge in [-0.2, -0.15) is 5.26 Å². The fourth-order valence-corrected chi connectivity index (χ4v) is 3.79. The van der Waals surface area contributed by atoms with Crippen LogP contribution in [0.4, 0.5) is 10.7 Å². The topological polar surface area (TPSA) is 62.2 Å². The van der Waals surface area contributed by atoms with Gasteiger partial charge in [-0.05, 0) is 17.7 Å². The average molecular weight is 301 g/mol. The summed E-state index contributed by atoms with van der Waals surface area (Å²) in [4.78, 5) is 5.78. The Kier molecular flexibility index (Phi) is 2.81. The number of benzene rings is 2. The van der Waals surface area contributed by atoms with Crippen molar-refractivity contribution in [1.82, 2.24) is 0 Å². The first-order chi connectivity index (χ1) is 10.8. The lowest BCUT2D eigenvalue weighted by Gasteiger charge is -2.02. The highest BCUT2D eigenvalue weighted by molar-refractivity contribution is 7.19. The molecule has 104 valence electrons. The lowest BCUT2D eigenvalue weighted by atomic mass is 10.0. The molecule has 3 nitrogen and oxygen atoms in total. The number of anilines is 1. The largest absolute Gasteiger partial charge is 0.389 e. The van der Waals surface area contributed by atoms with Crippen LogP contribution in [0.3, 0.4) is 0 Å². The number of nitrogens with zero attached hydrogens (tertiary/aromatic N) is 2. The van der Waals surface area contributed by atoms with Gasteiger partial charge in [0.2, 0.25) is 0 Å². The number of thiophene rings is 1. The van der Waals surface area contributed by atoms with E-state index in [-0.39, 0.29) is 0 Å². The van der Waals surface area contributed by atoms with E-state index in [1.54, 1.807) is 0 Å². The summed E-state index contributed by atoms with van der Waals surface area (Å²) in [5.74, 6) is 0. The minimum atomic E-state index is 0.558. The number of hydrogen-bond acceptors (Lipinski definition) is 4. The van der Waals surface area contributed by atoms with Gasteiger partial charge in [0.05, 0.1) is 21.8 Å². The number of rotatable bonds is 1. The predicted octanol–water partition coefficient (Wildman–Crippen LogP) is 4.35. The summed E-state index contributed by atoms with van der Waals surface area (Å²) in [5.41, 5.74) is 11.4. The first-order valence-electron chi connectivity index (χ1n) is 6.86. The van der Waals surface area contributed by atoms with Gasteiger partial charge >= 0.3 is 0 Å². The third-order valence-corrected chi connectivity index (χ3v) is 4.74. The van der Waals surface area contributed by atoms with Gasteiger partial charge < -0.3 is 5.73 Å². The van der Waals surface area contributed by atoms with E-state index in [1.807, 2.05) is 54.6 Å². The zero-order valence-electron chi connectivity index (χ0n) is 11.6. The quantitative estimate of drug-likeness (QED) is 0.568. The number of para-hydroxylation sites is 1. The van der Waals surface area contributed by atoms with E-state index >= 15 is 0 Å². The Morgan fingerprint density at radius 3 is 2.36 bits per heavy atom. The SMILES string of the molecule is N#Cc1c(N)sc2c1-c1ccccc1C2=Nc1ccccc1. The number of nitrogens with two attached hydrogens (primary N) is 1. The number of hydrogen-bond donors (Lipinski definition) is 1. The molecule has 2 N–H and O–H groups in total. The van der Waals surface area contributed by atoms with Crippen molar-refractivity contribution in [1.29, 1.82) is 5.26 Å². The van der Waals surface area contributed by atoms with Crippen molar-refractivity contribution in [3.63, 3.8) is 0 Å². The van der Waals surface area contributed by atoms with Crippen LogP contribution in [0.1, 0.15) is 16.0 Å². The third-order valence-electron chi connectivity index (χ3n) is 3.71. The van der Waals surface area contributed by atoms with Gasteiger partial charge in [-0.15, -0.1) is 11.3 Å². The maximum Gasteiger partial charge on any atom is 0.105 e. The van der Waals surface area contributed by atoms with E-state index < -0.39 is 0 Å². The molecule has 22 heavy (non-hydrogen) atoms. The molecule has 1 aliphatic carbocycles. The lowest BCUT2D eigenvalue weighted by molar-refractivity contribution is 1.50. The maximum absolute atomic E-state index is 9.41. The first-order valence-corrected chi connectivity index (χ1v) is 7.67. The zero-order chi connectivity index (χ0) is 15.1. The molecule has 2 aromatic carbocycles. The Bertz CT molecular complexity index is 946. The summed E-state index contributed by atoms with van der Waals surface area (Å²) >= 11 is 1.44. The predicted molar refractivity (Wildman–Crippen MR) is 90.6 cm³/mol. The second-order valence-corrected chi connectivity index (χ2v) is 6.05. The zero-order valence-corrected chi connectivity index (χ0v) is 12.4. The molecule has 0 unspecified atom stereocenters. The Balaban J connectivity index is 2.03. The molecule has 0 fully saturated rings. The van der Waals surface area contributed by atoms with Gasteiger partial charge in [0.25, 0.3) is 0 Å². The van der Waals surface area contributed by atoms with E-state index in [0.29, 0.717) is 10.6 Å². The molecule has 0 amide bonds. The first kappa shape index (κ1) is 12.8. The Hall–Kier alpha value is -2.90. The van der Waals surface area contributed by atoms with Crippen LogP contribution in [-0.2, 0) is 0 Å². The van der Waals surface area contributed by atoms with E-state index in [9.17, 15) is 5.26 Å². The Morgan fingerprint density at radius 1 is 0.955 bits per heavy atom. The molecule has 1 aromatic heterocycles. The van der Waals surface area contributed by atoms with Crippen LogP contribution in [-0.4, -0.2) is 5.71 Å². The van der Waals surface area contributed by atoms with Crippen LogP contribution >= 0.6 is 11.3 Å². The van der Waals surface area contributed by atoms with Crippen LogP contribution in [0.5, 0.6) is 0 Å². The minimum absolute atomic E-state index is 0.558. The van der Waals surface area contributed by atoms with Crippen molar-refractivity contribution in [2.75, 3.05) is 5.73 Å². The summed E-state index contributed by atoms with van der Waals surface area (Å²) in [6, 6.07) is 20.1. The molecule has 4 rings (SSSR count). The molecular weight excluding hydrogens is 290 g/mol. The summed E-state index contributed by atoms with van der Waals surface area (Å²) in [6.07, 6.45) is 0. The van der Waals surface area contributed by atoms with Gasteiger partial charge in [-0.25, -0.2) is 4.99 Å². The van der Waals surface area contributed by atoms with Crippen LogP contribution < -0.4 is 5.73 Å². The van der Waals surface area contributed by atoms with E-state index in [0.717, 1.165) is 33.0 Å². The summed E-state index contributed by atoms with van der Waals surface area (Å²) < 4.78 is 0. The van der Waals surface area contributed by atoms with Crippen LogP contribution in [0.15, 0.2) is 59.6 Å². The van der Waals surface area contributed by atoms with Gasteiger partial charge in [-0.3, -0.25) is 0 Å². The van der Waals surface area contributed by atoms with Gasteiger partial charge in [-0.1, -0.05) is 42.5 Å². The van der Waals surface area contributed by atoms with Gasteiger partial charge in [0.1, 0.15) is 11.1 Å². The summed E-state index contributed by atoms with van der Waals surface area (Å²) in [6.45, 7) is 0. The number of aliphatic imine (C=N–C) groups is 1.